The number of unbranched alkanes of at least 4 members (excludes halogenated alkanes) is 1. The fourth-order valence-corrected chi connectivity index (χ4v) is 3.84. The Morgan fingerprint density at radius 2 is 1.97 bits per heavy atom. The monoisotopic (exact) mass is 443 g/mol. The molecule has 0 aliphatic carbocycles. The number of benzene rings is 1. The summed E-state index contributed by atoms with van der Waals surface area (Å²) in [6, 6.07) is 13.0. The first-order valence-electron chi connectivity index (χ1n) is 10.9. The minimum absolute atomic E-state index is 0.0624. The normalized spacial score (nSPS) is 17.4. The number of likely N-dealkylation sites (tertiary alicyclic amines) is 1. The van der Waals surface area contributed by atoms with Gasteiger partial charge in [0, 0.05) is 29.6 Å². The van der Waals surface area contributed by atoms with Gasteiger partial charge in [-0.3, -0.25) is 14.6 Å². The molecule has 1 N–H and O–H groups in total. The van der Waals surface area contributed by atoms with E-state index in [-0.39, 0.29) is 12.1 Å². The minimum Gasteiger partial charge on any atom is -0.872 e. The lowest BCUT2D eigenvalue weighted by atomic mass is 9.96. The molecule has 0 bridgehead atoms. The Morgan fingerprint density at radius 3 is 2.64 bits per heavy atom. The van der Waals surface area contributed by atoms with Crippen LogP contribution in [0, 0.1) is 0 Å². The highest BCUT2D eigenvalue weighted by Crippen LogP contribution is 2.39. The number of carbonyl (C=O) groups is 2. The molecule has 2 aromatic heterocycles. The van der Waals surface area contributed by atoms with E-state index in [4.69, 9.17) is 4.74 Å². The zero-order valence-electron chi connectivity index (χ0n) is 18.4. The van der Waals surface area contributed by atoms with E-state index in [9.17, 15) is 14.7 Å². The SMILES string of the molecule is CCCCOc1ccc(C([O-])=C2C(=O)C(=O)N(Cc3ccc[nH+]c3)C2c2cccnc2)cc1. The smallest absolute Gasteiger partial charge is 0.295 e. The number of aromatic amines is 1. The minimum atomic E-state index is -0.813. The number of hydrogen-bond acceptors (Lipinski definition) is 5. The second-order valence-corrected chi connectivity index (χ2v) is 7.83. The van der Waals surface area contributed by atoms with E-state index in [0.29, 0.717) is 23.5 Å². The zero-order valence-corrected chi connectivity index (χ0v) is 18.4. The molecule has 33 heavy (non-hydrogen) atoms. The molecular weight excluding hydrogens is 418 g/mol. The van der Waals surface area contributed by atoms with Gasteiger partial charge in [-0.25, -0.2) is 4.98 Å². The van der Waals surface area contributed by atoms with Crippen LogP contribution in [0.2, 0.25) is 0 Å². The van der Waals surface area contributed by atoms with Gasteiger partial charge in [-0.1, -0.05) is 37.3 Å². The number of ether oxygens (including phenoxy) is 1. The summed E-state index contributed by atoms with van der Waals surface area (Å²) in [7, 11) is 0. The van der Waals surface area contributed by atoms with Crippen molar-refractivity contribution in [2.24, 2.45) is 0 Å². The van der Waals surface area contributed by atoms with Gasteiger partial charge in [0.25, 0.3) is 5.91 Å². The highest BCUT2D eigenvalue weighted by Gasteiger charge is 2.44. The fraction of sp³-hybridized carbons (Fsp3) is 0.231. The van der Waals surface area contributed by atoms with Gasteiger partial charge in [-0.15, -0.1) is 0 Å². The van der Waals surface area contributed by atoms with Crippen LogP contribution in [0.5, 0.6) is 5.75 Å². The molecular formula is C26H25N3O4. The number of H-pyrrole nitrogens is 1. The summed E-state index contributed by atoms with van der Waals surface area (Å²) in [5.41, 5.74) is 1.69. The largest absolute Gasteiger partial charge is 0.872 e. The van der Waals surface area contributed by atoms with Crippen LogP contribution in [-0.4, -0.2) is 28.2 Å². The number of amides is 1. The lowest BCUT2D eigenvalue weighted by molar-refractivity contribution is -0.378. The predicted molar refractivity (Wildman–Crippen MR) is 119 cm³/mol. The first-order chi connectivity index (χ1) is 16.1. The second-order valence-electron chi connectivity index (χ2n) is 7.83. The van der Waals surface area contributed by atoms with Crippen LogP contribution in [0.1, 0.15) is 42.5 Å². The molecule has 1 aromatic carbocycles. The summed E-state index contributed by atoms with van der Waals surface area (Å²) < 4.78 is 5.66. The van der Waals surface area contributed by atoms with E-state index in [0.717, 1.165) is 18.4 Å². The van der Waals surface area contributed by atoms with Crippen LogP contribution in [0.3, 0.4) is 0 Å². The van der Waals surface area contributed by atoms with Crippen molar-refractivity contribution in [1.29, 1.82) is 0 Å². The second kappa shape index (κ2) is 10.1. The molecule has 7 nitrogen and oxygen atoms in total. The van der Waals surface area contributed by atoms with Crippen molar-refractivity contribution in [2.45, 2.75) is 32.4 Å². The van der Waals surface area contributed by atoms with Gasteiger partial charge in [0.1, 0.15) is 5.75 Å². The number of rotatable bonds is 8. The lowest BCUT2D eigenvalue weighted by Gasteiger charge is -2.27. The van der Waals surface area contributed by atoms with Crippen molar-refractivity contribution in [1.82, 2.24) is 9.88 Å². The molecule has 1 unspecified atom stereocenters. The van der Waals surface area contributed by atoms with E-state index in [1.165, 1.54) is 4.90 Å². The van der Waals surface area contributed by atoms with Crippen LogP contribution in [0.25, 0.3) is 5.76 Å². The molecule has 0 saturated carbocycles. The number of Topliss-reactive ketones (excluding diaryl/α,β-unsaturated/α-hetero) is 1. The number of aromatic nitrogens is 2. The molecule has 1 saturated heterocycles. The van der Waals surface area contributed by atoms with Gasteiger partial charge in [0.15, 0.2) is 12.4 Å². The molecule has 0 spiro atoms. The average molecular weight is 444 g/mol. The third-order valence-electron chi connectivity index (χ3n) is 5.54. The first kappa shape index (κ1) is 22.2. The zero-order chi connectivity index (χ0) is 23.2. The van der Waals surface area contributed by atoms with Crippen molar-refractivity contribution in [3.63, 3.8) is 0 Å². The maximum Gasteiger partial charge on any atom is 0.295 e. The van der Waals surface area contributed by atoms with E-state index in [1.54, 1.807) is 61.2 Å². The number of ketones is 1. The number of nitrogens with zero attached hydrogens (tertiary/aromatic N) is 2. The molecule has 1 atom stereocenters. The first-order valence-corrected chi connectivity index (χ1v) is 10.9. The van der Waals surface area contributed by atoms with Crippen LogP contribution >= 0.6 is 0 Å². The van der Waals surface area contributed by atoms with E-state index < -0.39 is 23.5 Å². The number of hydrogen-bond donors (Lipinski definition) is 0. The van der Waals surface area contributed by atoms with E-state index in [2.05, 4.69) is 16.9 Å². The summed E-state index contributed by atoms with van der Waals surface area (Å²) in [6.45, 7) is 2.87. The third kappa shape index (κ3) is 4.77. The molecule has 7 heteroatoms. The van der Waals surface area contributed by atoms with Crippen LogP contribution in [0.4, 0.5) is 0 Å². The van der Waals surface area contributed by atoms with Crippen molar-refractivity contribution in [3.05, 3.63) is 95.6 Å². The van der Waals surface area contributed by atoms with Crippen LogP contribution < -0.4 is 14.8 Å². The highest BCUT2D eigenvalue weighted by atomic mass is 16.5. The number of carbonyl (C=O) groups excluding carboxylic acids is 2. The highest BCUT2D eigenvalue weighted by molar-refractivity contribution is 6.46. The van der Waals surface area contributed by atoms with Crippen molar-refractivity contribution < 1.29 is 24.4 Å². The summed E-state index contributed by atoms with van der Waals surface area (Å²) in [4.78, 5) is 34.6. The molecule has 1 amide bonds. The van der Waals surface area contributed by atoms with Gasteiger partial charge in [-0.2, -0.15) is 0 Å². The maximum absolute atomic E-state index is 13.5. The van der Waals surface area contributed by atoms with Crippen molar-refractivity contribution >= 4 is 17.4 Å². The van der Waals surface area contributed by atoms with Gasteiger partial charge < -0.3 is 14.7 Å². The average Bonchev–Trinajstić information content (AvgIpc) is 3.10. The van der Waals surface area contributed by atoms with E-state index >= 15 is 0 Å². The quantitative estimate of drug-likeness (QED) is 0.231. The number of pyridine rings is 2. The van der Waals surface area contributed by atoms with Gasteiger partial charge in [-0.05, 0) is 41.8 Å². The molecule has 1 fully saturated rings. The van der Waals surface area contributed by atoms with Gasteiger partial charge in [0.2, 0.25) is 5.78 Å². The Balaban J connectivity index is 1.72. The van der Waals surface area contributed by atoms with Gasteiger partial charge in [0.05, 0.1) is 19.2 Å². The summed E-state index contributed by atoms with van der Waals surface area (Å²) in [5, 5.41) is 13.5. The van der Waals surface area contributed by atoms with Crippen molar-refractivity contribution in [3.8, 4) is 5.75 Å². The lowest BCUT2D eigenvalue weighted by Crippen LogP contribution is -2.29. The van der Waals surface area contributed by atoms with Crippen LogP contribution in [-0.2, 0) is 16.1 Å². The Kier molecular flexibility index (Phi) is 6.78. The summed E-state index contributed by atoms with van der Waals surface area (Å²) in [5.74, 6) is -1.29. The molecule has 3 aromatic rings. The maximum atomic E-state index is 13.5. The molecule has 0 radical (unpaired) electrons. The third-order valence-corrected chi connectivity index (χ3v) is 5.54. The van der Waals surface area contributed by atoms with Crippen LogP contribution in [0.15, 0.2) is 78.9 Å². The topological polar surface area (TPSA) is 96.7 Å². The Hall–Kier alpha value is -4.00. The summed E-state index contributed by atoms with van der Waals surface area (Å²) in [6.07, 6.45) is 8.68. The fourth-order valence-electron chi connectivity index (χ4n) is 3.84. The molecule has 1 aliphatic heterocycles. The van der Waals surface area contributed by atoms with Crippen molar-refractivity contribution in [2.75, 3.05) is 6.61 Å². The Bertz CT molecular complexity index is 1150. The molecule has 4 rings (SSSR count). The Morgan fingerprint density at radius 1 is 1.15 bits per heavy atom. The molecule has 168 valence electrons. The van der Waals surface area contributed by atoms with E-state index in [1.807, 2.05) is 12.1 Å². The Labute approximate surface area is 192 Å². The van der Waals surface area contributed by atoms with Gasteiger partial charge >= 0.3 is 0 Å². The summed E-state index contributed by atoms with van der Waals surface area (Å²) >= 11 is 0. The molecule has 1 aliphatic rings. The standard InChI is InChI=1S/C26H25N3O4/c1-2-3-14-33-21-10-8-19(9-11-21)24(30)22-23(20-7-5-13-28-16-20)29(26(32)25(22)31)17-18-6-4-12-27-15-18/h4-13,15-16,23,30H,2-3,14,17H2,1H3. The number of nitrogens with one attached hydrogen (secondary N) is 1. The molecule has 3 heterocycles. The predicted octanol–water partition coefficient (Wildman–Crippen LogP) is 2.50.